The van der Waals surface area contributed by atoms with Gasteiger partial charge in [-0.05, 0) is 75.1 Å². The van der Waals surface area contributed by atoms with Crippen LogP contribution >= 0.6 is 0 Å². The average Bonchev–Trinajstić information content (AvgIpc) is 4.04. The first-order valence-electron chi connectivity index (χ1n) is 25.6. The van der Waals surface area contributed by atoms with E-state index in [9.17, 15) is 55.1 Å². The minimum absolute atomic E-state index is 0.0192. The molecular formula is C51H68N6O17. The van der Waals surface area contributed by atoms with Gasteiger partial charge in [0.15, 0.2) is 24.8 Å². The smallest absolute Gasteiger partial charge is 0.338 e. The number of hydrogen-bond acceptors (Lipinski definition) is 18. The second-order valence-electron chi connectivity index (χ2n) is 20.1. The summed E-state index contributed by atoms with van der Waals surface area (Å²) >= 11 is 0. The maximum atomic E-state index is 14.1. The number of non-ortho nitro benzene ring substituents is 1. The van der Waals surface area contributed by atoms with Crippen molar-refractivity contribution in [3.8, 4) is 0 Å². The molecule has 2 saturated carbocycles. The number of benzene rings is 2. The molecule has 4 aliphatic rings. The highest BCUT2D eigenvalue weighted by Crippen LogP contribution is 2.39. The molecule has 2 saturated heterocycles. The summed E-state index contributed by atoms with van der Waals surface area (Å²) in [7, 11) is 0. The van der Waals surface area contributed by atoms with Gasteiger partial charge in [0.1, 0.15) is 36.6 Å². The Kier molecular flexibility index (Phi) is 18.4. The van der Waals surface area contributed by atoms with Crippen LogP contribution < -0.4 is 5.32 Å². The highest BCUT2D eigenvalue weighted by Gasteiger charge is 2.54. The number of fused-ring (bicyclic) bond motifs is 1. The van der Waals surface area contributed by atoms with Crippen molar-refractivity contribution in [2.24, 2.45) is 17.8 Å². The molecule has 8 rings (SSSR count). The molecule has 7 N–H and O–H groups in total. The quantitative estimate of drug-likeness (QED) is 0.0273. The molecule has 4 aromatic rings. The van der Waals surface area contributed by atoms with E-state index in [0.717, 1.165) is 43.0 Å². The van der Waals surface area contributed by atoms with Crippen LogP contribution in [0, 0.1) is 27.9 Å². The third-order valence-corrected chi connectivity index (χ3v) is 14.8. The number of ether oxygens (including phenoxy) is 6. The summed E-state index contributed by atoms with van der Waals surface area (Å²) in [5, 5.41) is 88.5. The molecule has 2 aliphatic heterocycles. The first-order valence-corrected chi connectivity index (χ1v) is 25.6. The van der Waals surface area contributed by atoms with E-state index in [1.54, 1.807) is 35.9 Å². The summed E-state index contributed by atoms with van der Waals surface area (Å²) < 4.78 is 41.1. The van der Waals surface area contributed by atoms with Gasteiger partial charge >= 0.3 is 11.9 Å². The zero-order chi connectivity index (χ0) is 52.6. The molecule has 1 amide bonds. The second kappa shape index (κ2) is 24.9. The highest BCUT2D eigenvalue weighted by molar-refractivity contribution is 5.89. The number of nitro groups is 1. The standard InChI is InChI=1S/C51H68N6O17/c1-28-22-33(47(63)52-18-9-14-34-26-56(54-53-34)21-20-55-19-17-32-24-35(57(67)68)15-16-36(32)55)25-37(44(28)74-50-43(62)42(61)40(59)29(2)69-50)71-51-46(73-49(66)31-12-7-4-8-13-31)45(41(60)39(27-58)72-51)70-38(48(64)65)23-30-10-5-3-6-11-30/h4,7-8,12-13,15-17,19,24,26,28-30,33,37-46,50-51,58-62H,3,5-6,9-11,14,18,20-23,25,27H2,1-2H3,(H,52,63)(H,64,65)/t28-,29?,33?,37-,38+,39+,40-,41+,42?,43+,44?,45?,46?,50+,51-/m1/s1. The van der Waals surface area contributed by atoms with Crippen molar-refractivity contribution in [1.29, 1.82) is 0 Å². The van der Waals surface area contributed by atoms with Crippen molar-refractivity contribution in [3.05, 3.63) is 88.4 Å². The summed E-state index contributed by atoms with van der Waals surface area (Å²) in [6, 6.07) is 14.5. The van der Waals surface area contributed by atoms with Crippen LogP contribution in [0.15, 0.2) is 67.0 Å². The molecular weight excluding hydrogens is 969 g/mol. The van der Waals surface area contributed by atoms with Gasteiger partial charge in [-0.3, -0.25) is 19.6 Å². The van der Waals surface area contributed by atoms with Gasteiger partial charge in [0, 0.05) is 54.4 Å². The Balaban J connectivity index is 0.976. The zero-order valence-corrected chi connectivity index (χ0v) is 41.4. The number of aliphatic hydroxyl groups is 5. The van der Waals surface area contributed by atoms with Crippen LogP contribution in [0.25, 0.3) is 10.9 Å². The van der Waals surface area contributed by atoms with Crippen LogP contribution in [0.4, 0.5) is 5.69 Å². The third-order valence-electron chi connectivity index (χ3n) is 14.8. The zero-order valence-electron chi connectivity index (χ0n) is 41.4. The molecule has 4 fully saturated rings. The number of nitrogens with zero attached hydrogens (tertiary/aromatic N) is 5. The molecule has 0 spiro atoms. The summed E-state index contributed by atoms with van der Waals surface area (Å²) in [6.45, 7) is 3.83. The van der Waals surface area contributed by atoms with Gasteiger partial charge in [0.25, 0.3) is 5.69 Å². The molecule has 23 heteroatoms. The fraction of sp³-hybridized carbons (Fsp3) is 0.627. The van der Waals surface area contributed by atoms with Crippen LogP contribution in [0.3, 0.4) is 0 Å². The maximum absolute atomic E-state index is 14.1. The minimum atomic E-state index is -1.71. The SMILES string of the molecule is CC1O[C@@H](OC2[C@H](C)CC(C(=O)NCCCc3cn(CCn4ccc5cc([N+](=O)[O-])ccc54)nn3)C[C@H]2O[C@@H]2O[C@@H](CO)[C@H](O)C(O[C@@H](CC3CCCCC3)C(=O)O)C2OC(=O)c2ccccc2)[C@@H](O)C(O)[C@@H]1O. The molecule has 6 unspecified atom stereocenters. The fourth-order valence-corrected chi connectivity index (χ4v) is 10.7. The Morgan fingerprint density at radius 1 is 0.892 bits per heavy atom. The molecule has 2 aromatic carbocycles. The summed E-state index contributed by atoms with van der Waals surface area (Å²) in [4.78, 5) is 51.5. The predicted octanol–water partition coefficient (Wildman–Crippen LogP) is 2.65. The van der Waals surface area contributed by atoms with Gasteiger partial charge in [-0.2, -0.15) is 0 Å². The van der Waals surface area contributed by atoms with Gasteiger partial charge in [-0.25, -0.2) is 9.59 Å². The van der Waals surface area contributed by atoms with E-state index in [2.05, 4.69) is 15.6 Å². The van der Waals surface area contributed by atoms with Crippen molar-refractivity contribution >= 4 is 34.4 Å². The third kappa shape index (κ3) is 13.1. The lowest BCUT2D eigenvalue weighted by Gasteiger charge is -2.48. The summed E-state index contributed by atoms with van der Waals surface area (Å²) in [5.74, 6) is -3.68. The van der Waals surface area contributed by atoms with Crippen molar-refractivity contribution in [2.75, 3.05) is 13.2 Å². The van der Waals surface area contributed by atoms with E-state index in [0.29, 0.717) is 31.6 Å². The second-order valence-corrected chi connectivity index (χ2v) is 20.1. The van der Waals surface area contributed by atoms with E-state index in [1.165, 1.54) is 31.2 Å². The number of carbonyl (C=O) groups is 3. The number of rotatable bonds is 21. The first kappa shape index (κ1) is 54.8. The first-order chi connectivity index (χ1) is 35.6. The average molecular weight is 1040 g/mol. The van der Waals surface area contributed by atoms with E-state index < -0.39 is 115 Å². The van der Waals surface area contributed by atoms with E-state index in [-0.39, 0.29) is 48.9 Å². The van der Waals surface area contributed by atoms with Gasteiger partial charge in [0.05, 0.1) is 47.6 Å². The van der Waals surface area contributed by atoms with Crippen LogP contribution in [0.5, 0.6) is 0 Å². The number of nitrogens with one attached hydrogen (secondary N) is 1. The molecule has 0 radical (unpaired) electrons. The largest absolute Gasteiger partial charge is 0.479 e. The van der Waals surface area contributed by atoms with E-state index >= 15 is 0 Å². The molecule has 74 heavy (non-hydrogen) atoms. The summed E-state index contributed by atoms with van der Waals surface area (Å²) in [6.07, 6.45) is -9.30. The molecule has 23 nitrogen and oxygen atoms in total. The Labute approximate surface area is 426 Å². The van der Waals surface area contributed by atoms with Crippen molar-refractivity contribution in [1.82, 2.24) is 24.9 Å². The number of carboxylic acid groups (broad SMARTS) is 1. The number of nitro benzene ring substituents is 1. The Morgan fingerprint density at radius 3 is 2.39 bits per heavy atom. The van der Waals surface area contributed by atoms with Gasteiger partial charge in [-0.15, -0.1) is 5.10 Å². The van der Waals surface area contributed by atoms with Crippen molar-refractivity contribution < 1.29 is 78.4 Å². The van der Waals surface area contributed by atoms with E-state index in [4.69, 9.17) is 28.4 Å². The number of aryl methyl sites for hydroxylation is 3. The molecule has 15 atom stereocenters. The number of aliphatic carboxylic acids is 1. The number of aromatic nitrogens is 4. The fourth-order valence-electron chi connectivity index (χ4n) is 10.7. The number of hydrogen-bond donors (Lipinski definition) is 7. The highest BCUT2D eigenvalue weighted by atomic mass is 16.7. The number of esters is 1. The lowest BCUT2D eigenvalue weighted by molar-refractivity contribution is -0.384. The molecule has 0 bridgehead atoms. The van der Waals surface area contributed by atoms with Gasteiger partial charge in [0.2, 0.25) is 5.91 Å². The van der Waals surface area contributed by atoms with E-state index in [1.807, 2.05) is 23.0 Å². The Morgan fingerprint density at radius 2 is 1.66 bits per heavy atom. The van der Waals surface area contributed by atoms with Crippen molar-refractivity contribution in [2.45, 2.75) is 171 Å². The lowest BCUT2D eigenvalue weighted by atomic mass is 9.77. The molecule has 404 valence electrons. The molecule has 4 heterocycles. The number of aliphatic hydroxyl groups excluding tert-OH is 5. The Bertz CT molecular complexity index is 2510. The van der Waals surface area contributed by atoms with Gasteiger partial charge in [-0.1, -0.05) is 62.4 Å². The van der Waals surface area contributed by atoms with Crippen LogP contribution in [-0.4, -0.2) is 166 Å². The van der Waals surface area contributed by atoms with Crippen LogP contribution in [-0.2, 0) is 57.5 Å². The van der Waals surface area contributed by atoms with Gasteiger partial charge < -0.3 is 68.9 Å². The number of carbonyl (C=O) groups excluding carboxylic acids is 2. The summed E-state index contributed by atoms with van der Waals surface area (Å²) in [5.41, 5.74) is 1.70. The monoisotopic (exact) mass is 1040 g/mol. The minimum Gasteiger partial charge on any atom is -0.479 e. The lowest BCUT2D eigenvalue weighted by Crippen LogP contribution is -2.64. The normalized spacial score (nSPS) is 31.2. The van der Waals surface area contributed by atoms with Crippen molar-refractivity contribution in [3.63, 3.8) is 0 Å². The topological polar surface area (TPSA) is 319 Å². The number of carboxylic acids is 1. The molecule has 2 aliphatic carbocycles. The van der Waals surface area contributed by atoms with Crippen LogP contribution in [0.2, 0.25) is 0 Å². The van der Waals surface area contributed by atoms with Crippen LogP contribution in [0.1, 0.15) is 87.7 Å². The Hall–Kier alpha value is -5.47. The number of amides is 1. The predicted molar refractivity (Wildman–Crippen MR) is 259 cm³/mol. The maximum Gasteiger partial charge on any atom is 0.338 e. The molecule has 2 aromatic heterocycles.